The average molecular weight is 284 g/mol. The van der Waals surface area contributed by atoms with Crippen molar-refractivity contribution in [2.24, 2.45) is 0 Å². The topological polar surface area (TPSA) is 44.4 Å². The number of rotatable bonds is 7. The molecule has 0 atom stereocenters. The number of amides is 1. The Morgan fingerprint density at radius 1 is 1.42 bits per heavy atom. The third-order valence-corrected chi connectivity index (χ3v) is 3.23. The first kappa shape index (κ1) is 15.8. The van der Waals surface area contributed by atoms with Crippen molar-refractivity contribution in [1.29, 1.82) is 0 Å². The third-order valence-electron chi connectivity index (χ3n) is 2.88. The van der Waals surface area contributed by atoms with Gasteiger partial charge in [0.05, 0.1) is 6.54 Å². The van der Waals surface area contributed by atoms with Gasteiger partial charge in [0.2, 0.25) is 5.91 Å². The maximum atomic E-state index is 11.3. The van der Waals surface area contributed by atoms with E-state index in [1.165, 1.54) is 0 Å². The second-order valence-corrected chi connectivity index (χ2v) is 4.89. The Labute approximate surface area is 120 Å². The summed E-state index contributed by atoms with van der Waals surface area (Å²) in [6, 6.07) is 5.88. The van der Waals surface area contributed by atoms with E-state index in [-0.39, 0.29) is 5.91 Å². The zero-order valence-corrected chi connectivity index (χ0v) is 12.5. The highest BCUT2D eigenvalue weighted by Crippen LogP contribution is 2.23. The van der Waals surface area contributed by atoms with E-state index in [0.717, 1.165) is 35.8 Å². The number of halogens is 1. The molecule has 0 fully saturated rings. The summed E-state index contributed by atoms with van der Waals surface area (Å²) in [7, 11) is 3.50. The Morgan fingerprint density at radius 3 is 2.74 bits per heavy atom. The molecule has 0 heterocycles. The molecule has 1 aromatic carbocycles. The fourth-order valence-electron chi connectivity index (χ4n) is 1.70. The summed E-state index contributed by atoms with van der Waals surface area (Å²) < 4.78 is 0. The van der Waals surface area contributed by atoms with Gasteiger partial charge in [0.15, 0.2) is 0 Å². The first-order chi connectivity index (χ1) is 9.08. The van der Waals surface area contributed by atoms with Crippen molar-refractivity contribution in [3.05, 3.63) is 28.8 Å². The lowest BCUT2D eigenvalue weighted by atomic mass is 10.2. The molecule has 2 N–H and O–H groups in total. The lowest BCUT2D eigenvalue weighted by molar-refractivity contribution is -0.119. The molecule has 0 bridgehead atoms. The smallest absolute Gasteiger partial charge is 0.239 e. The highest BCUT2D eigenvalue weighted by atomic mass is 35.5. The van der Waals surface area contributed by atoms with Gasteiger partial charge >= 0.3 is 0 Å². The van der Waals surface area contributed by atoms with E-state index in [1.54, 1.807) is 7.05 Å². The Bertz CT molecular complexity index is 423. The van der Waals surface area contributed by atoms with Crippen molar-refractivity contribution in [2.45, 2.75) is 19.9 Å². The standard InChI is InChI=1S/C14H22ClN3O/c1-4-7-17-9-11-5-6-12(8-13(11)15)18(3)10-14(19)16-2/h5-6,8,17H,4,7,9-10H2,1-3H3,(H,16,19). The van der Waals surface area contributed by atoms with E-state index in [1.807, 2.05) is 30.1 Å². The van der Waals surface area contributed by atoms with Gasteiger partial charge in [-0.2, -0.15) is 0 Å². The van der Waals surface area contributed by atoms with E-state index in [0.29, 0.717) is 6.54 Å². The van der Waals surface area contributed by atoms with Crippen LogP contribution in [0, 0.1) is 0 Å². The van der Waals surface area contributed by atoms with E-state index < -0.39 is 0 Å². The average Bonchev–Trinajstić information content (AvgIpc) is 2.40. The summed E-state index contributed by atoms with van der Waals surface area (Å²) in [6.45, 7) is 4.20. The molecule has 106 valence electrons. The van der Waals surface area contributed by atoms with Gasteiger partial charge in [-0.1, -0.05) is 24.6 Å². The number of nitrogens with zero attached hydrogens (tertiary/aromatic N) is 1. The number of likely N-dealkylation sites (N-methyl/N-ethyl adjacent to an activating group) is 2. The number of hydrogen-bond donors (Lipinski definition) is 2. The minimum absolute atomic E-state index is 0.0210. The van der Waals surface area contributed by atoms with Crippen molar-refractivity contribution < 1.29 is 4.79 Å². The first-order valence-corrected chi connectivity index (χ1v) is 6.87. The van der Waals surface area contributed by atoms with Crippen LogP contribution in [0.4, 0.5) is 5.69 Å². The molecule has 0 aliphatic rings. The monoisotopic (exact) mass is 283 g/mol. The minimum Gasteiger partial charge on any atom is -0.365 e. The molecule has 1 amide bonds. The highest BCUT2D eigenvalue weighted by Gasteiger charge is 2.08. The Hall–Kier alpha value is -1.26. The fourth-order valence-corrected chi connectivity index (χ4v) is 1.94. The van der Waals surface area contributed by atoms with Crippen LogP contribution in [0.15, 0.2) is 18.2 Å². The molecular weight excluding hydrogens is 262 g/mol. The van der Waals surface area contributed by atoms with Gasteiger partial charge in [0, 0.05) is 31.4 Å². The van der Waals surface area contributed by atoms with Crippen LogP contribution in [0.3, 0.4) is 0 Å². The molecule has 0 radical (unpaired) electrons. The van der Waals surface area contributed by atoms with Crippen molar-refractivity contribution in [1.82, 2.24) is 10.6 Å². The van der Waals surface area contributed by atoms with Crippen molar-refractivity contribution >= 4 is 23.2 Å². The predicted molar refractivity (Wildman–Crippen MR) is 80.8 cm³/mol. The Morgan fingerprint density at radius 2 is 2.16 bits per heavy atom. The highest BCUT2D eigenvalue weighted by molar-refractivity contribution is 6.31. The Balaban J connectivity index is 2.67. The fraction of sp³-hybridized carbons (Fsp3) is 0.500. The maximum absolute atomic E-state index is 11.3. The molecule has 1 aromatic rings. The molecule has 0 saturated heterocycles. The van der Waals surface area contributed by atoms with Gasteiger partial charge in [0.1, 0.15) is 0 Å². The van der Waals surface area contributed by atoms with Crippen molar-refractivity contribution in [2.75, 3.05) is 32.1 Å². The molecule has 0 aliphatic heterocycles. The molecule has 0 unspecified atom stereocenters. The van der Waals surface area contributed by atoms with Crippen LogP contribution < -0.4 is 15.5 Å². The SMILES string of the molecule is CCCNCc1ccc(N(C)CC(=O)NC)cc1Cl. The molecule has 0 aliphatic carbocycles. The van der Waals surface area contributed by atoms with Crippen LogP contribution in [0.2, 0.25) is 5.02 Å². The number of benzene rings is 1. The molecule has 0 saturated carbocycles. The van der Waals surface area contributed by atoms with E-state index in [2.05, 4.69) is 17.6 Å². The minimum atomic E-state index is -0.0210. The second-order valence-electron chi connectivity index (χ2n) is 4.48. The van der Waals surface area contributed by atoms with Crippen LogP contribution in [-0.4, -0.2) is 33.1 Å². The lowest BCUT2D eigenvalue weighted by Gasteiger charge is -2.19. The van der Waals surface area contributed by atoms with Gasteiger partial charge in [-0.3, -0.25) is 4.79 Å². The third kappa shape index (κ3) is 5.09. The zero-order valence-electron chi connectivity index (χ0n) is 11.8. The van der Waals surface area contributed by atoms with Gasteiger partial charge in [0.25, 0.3) is 0 Å². The summed E-state index contributed by atoms with van der Waals surface area (Å²) in [5.74, 6) is -0.0210. The molecule has 5 heteroatoms. The number of carbonyl (C=O) groups is 1. The molecule has 0 spiro atoms. The van der Waals surface area contributed by atoms with Crippen LogP contribution in [0.1, 0.15) is 18.9 Å². The number of hydrogen-bond acceptors (Lipinski definition) is 3. The van der Waals surface area contributed by atoms with E-state index in [9.17, 15) is 4.79 Å². The van der Waals surface area contributed by atoms with Gasteiger partial charge < -0.3 is 15.5 Å². The van der Waals surface area contributed by atoms with Crippen molar-refractivity contribution in [3.8, 4) is 0 Å². The molecular formula is C14H22ClN3O. The predicted octanol–water partition coefficient (Wildman–Crippen LogP) is 2.02. The largest absolute Gasteiger partial charge is 0.365 e. The maximum Gasteiger partial charge on any atom is 0.239 e. The van der Waals surface area contributed by atoms with Gasteiger partial charge in [-0.15, -0.1) is 0 Å². The summed E-state index contributed by atoms with van der Waals surface area (Å²) in [5.41, 5.74) is 2.01. The van der Waals surface area contributed by atoms with E-state index >= 15 is 0 Å². The van der Waals surface area contributed by atoms with Crippen LogP contribution in [0.5, 0.6) is 0 Å². The summed E-state index contributed by atoms with van der Waals surface area (Å²) in [5, 5.41) is 6.65. The van der Waals surface area contributed by atoms with Crippen molar-refractivity contribution in [3.63, 3.8) is 0 Å². The molecule has 4 nitrogen and oxygen atoms in total. The quantitative estimate of drug-likeness (QED) is 0.753. The number of nitrogens with one attached hydrogen (secondary N) is 2. The number of anilines is 1. The molecule has 0 aromatic heterocycles. The summed E-state index contributed by atoms with van der Waals surface area (Å²) >= 11 is 6.26. The summed E-state index contributed by atoms with van der Waals surface area (Å²) in [6.07, 6.45) is 1.10. The van der Waals surface area contributed by atoms with Crippen LogP contribution in [-0.2, 0) is 11.3 Å². The van der Waals surface area contributed by atoms with E-state index in [4.69, 9.17) is 11.6 Å². The second kappa shape index (κ2) is 8.02. The molecule has 19 heavy (non-hydrogen) atoms. The summed E-state index contributed by atoms with van der Waals surface area (Å²) in [4.78, 5) is 13.2. The number of carbonyl (C=O) groups excluding carboxylic acids is 1. The normalized spacial score (nSPS) is 10.3. The van der Waals surface area contributed by atoms with Crippen LogP contribution in [0.25, 0.3) is 0 Å². The van der Waals surface area contributed by atoms with Crippen LogP contribution >= 0.6 is 11.6 Å². The first-order valence-electron chi connectivity index (χ1n) is 6.49. The molecule has 1 rings (SSSR count). The van der Waals surface area contributed by atoms with Gasteiger partial charge in [-0.25, -0.2) is 0 Å². The lowest BCUT2D eigenvalue weighted by Crippen LogP contribution is -2.32. The zero-order chi connectivity index (χ0) is 14.3. The van der Waals surface area contributed by atoms with Gasteiger partial charge in [-0.05, 0) is 30.7 Å². The Kier molecular flexibility index (Phi) is 6.67.